The van der Waals surface area contributed by atoms with Crippen LogP contribution in [0.4, 0.5) is 10.1 Å². The van der Waals surface area contributed by atoms with Gasteiger partial charge in [0.1, 0.15) is 10.7 Å². The van der Waals surface area contributed by atoms with E-state index in [4.69, 9.17) is 4.74 Å². The average molecular weight is 536 g/mol. The highest BCUT2D eigenvalue weighted by molar-refractivity contribution is 7.89. The molecule has 0 saturated carbocycles. The number of rotatable bonds is 2. The number of anilines is 1. The molecule has 4 rings (SSSR count). The monoisotopic (exact) mass is 536 g/mol. The zero-order valence-electron chi connectivity index (χ0n) is 15.9. The van der Waals surface area contributed by atoms with E-state index in [-0.39, 0.29) is 58.1 Å². The summed E-state index contributed by atoms with van der Waals surface area (Å²) in [6.07, 6.45) is 1.38. The lowest BCUT2D eigenvalue weighted by atomic mass is 10.1. The normalized spacial score (nSPS) is 22.3. The Morgan fingerprint density at radius 2 is 2.14 bits per heavy atom. The van der Waals surface area contributed by atoms with Gasteiger partial charge in [0.15, 0.2) is 11.4 Å². The van der Waals surface area contributed by atoms with Crippen molar-refractivity contribution < 1.29 is 51.6 Å². The van der Waals surface area contributed by atoms with E-state index in [1.807, 2.05) is 5.32 Å². The predicted octanol–water partition coefficient (Wildman–Crippen LogP) is -3.04. The molecule has 2 aliphatic heterocycles. The minimum Gasteiger partial charge on any atom is -1.00 e. The summed E-state index contributed by atoms with van der Waals surface area (Å²) in [6, 6.07) is 4.03. The Hall–Kier alpha value is -1.70. The molecular weight excluding hydrogens is 514 g/mol. The van der Waals surface area contributed by atoms with Crippen LogP contribution in [-0.4, -0.2) is 44.6 Å². The number of sulfonamides is 1. The van der Waals surface area contributed by atoms with E-state index < -0.39 is 15.9 Å². The van der Waals surface area contributed by atoms with Gasteiger partial charge in [0.05, 0.1) is 31.7 Å². The molecule has 2 aliphatic rings. The maximum absolute atomic E-state index is 13.5. The second-order valence-corrected chi connectivity index (χ2v) is 8.94. The highest BCUT2D eigenvalue weighted by Gasteiger charge is 2.40. The Labute approximate surface area is 185 Å². The summed E-state index contributed by atoms with van der Waals surface area (Å²) < 4.78 is 49.1. The van der Waals surface area contributed by atoms with E-state index in [0.29, 0.717) is 24.4 Å². The third-order valence-electron chi connectivity index (χ3n) is 5.23. The number of hydrogen-bond donors (Lipinski definition) is 3. The van der Waals surface area contributed by atoms with Crippen molar-refractivity contribution >= 4 is 21.6 Å². The van der Waals surface area contributed by atoms with Crippen LogP contribution < -0.4 is 44.1 Å². The van der Waals surface area contributed by atoms with Crippen molar-refractivity contribution in [3.05, 3.63) is 41.5 Å². The number of quaternary nitrogens is 1. The van der Waals surface area contributed by atoms with Crippen molar-refractivity contribution in [2.45, 2.75) is 17.9 Å². The molecule has 3 heterocycles. The lowest BCUT2D eigenvalue weighted by Gasteiger charge is -2.22. The molecule has 1 fully saturated rings. The number of nitrogens with two attached hydrogens (primary N) is 1. The van der Waals surface area contributed by atoms with Crippen LogP contribution in [0.5, 0.6) is 5.75 Å². The van der Waals surface area contributed by atoms with Crippen LogP contribution in [0.2, 0.25) is 0 Å². The van der Waals surface area contributed by atoms with Gasteiger partial charge in [-0.1, -0.05) is 0 Å². The number of fused-ring (bicyclic) bond motifs is 2. The first kappa shape index (κ1) is 22.0. The van der Waals surface area contributed by atoms with E-state index in [0.717, 1.165) is 6.54 Å². The first-order valence-corrected chi connectivity index (χ1v) is 10.5. The smallest absolute Gasteiger partial charge is 0.276 e. The molecule has 2 aromatic rings. The zero-order valence-corrected chi connectivity index (χ0v) is 18.9. The number of hydrogen-bond acceptors (Lipinski definition) is 4. The first-order valence-electron chi connectivity index (χ1n) is 9.00. The molecule has 11 heteroatoms. The number of aryl methyl sites for hydroxylation is 2. The lowest BCUT2D eigenvalue weighted by Crippen LogP contribution is -3.00. The van der Waals surface area contributed by atoms with E-state index in [1.165, 1.54) is 29.0 Å². The summed E-state index contributed by atoms with van der Waals surface area (Å²) >= 11 is 0. The van der Waals surface area contributed by atoms with Gasteiger partial charge in [-0.3, -0.25) is 4.79 Å². The number of carbonyl (C=O) groups excluding carboxylic acids is 1. The predicted molar refractivity (Wildman–Crippen MR) is 99.3 cm³/mol. The van der Waals surface area contributed by atoms with Crippen molar-refractivity contribution in [3.8, 4) is 5.75 Å². The fourth-order valence-electron chi connectivity index (χ4n) is 3.71. The Kier molecular flexibility index (Phi) is 6.22. The topological polar surface area (TPSA) is 106 Å². The molecule has 0 radical (unpaired) electrons. The molecule has 29 heavy (non-hydrogen) atoms. The van der Waals surface area contributed by atoms with Gasteiger partial charge in [0, 0.05) is 18.9 Å². The first-order chi connectivity index (χ1) is 13.3. The molecular formula is C18H22FIN4O4S. The third-order valence-corrected chi connectivity index (χ3v) is 6.71. The van der Waals surface area contributed by atoms with Crippen LogP contribution in [0.25, 0.3) is 0 Å². The zero-order chi connectivity index (χ0) is 20.1. The Morgan fingerprint density at radius 1 is 1.38 bits per heavy atom. The van der Waals surface area contributed by atoms with Gasteiger partial charge in [-0.05, 0) is 30.7 Å². The van der Waals surface area contributed by atoms with Crippen LogP contribution in [0.1, 0.15) is 16.1 Å². The molecule has 1 aromatic carbocycles. The molecule has 0 spiro atoms. The fraction of sp³-hybridized carbons (Fsp3) is 0.389. The van der Waals surface area contributed by atoms with E-state index in [1.54, 1.807) is 14.0 Å². The van der Waals surface area contributed by atoms with Crippen molar-refractivity contribution in [1.29, 1.82) is 0 Å². The highest BCUT2D eigenvalue weighted by Crippen LogP contribution is 2.33. The van der Waals surface area contributed by atoms with E-state index in [2.05, 4.69) is 10.0 Å². The number of nitrogens with zero attached hydrogens (tertiary/aromatic N) is 1. The third kappa shape index (κ3) is 4.13. The molecule has 4 N–H and O–H groups in total. The summed E-state index contributed by atoms with van der Waals surface area (Å²) in [5, 5.41) is 4.73. The average Bonchev–Trinajstić information content (AvgIpc) is 3.18. The standard InChI is InChI=1S/C18H21FN4O4S.HI/c1-10-5-12(3-4-13(10)19)21-18(24)16-17-15(8-23(16)2)28(25,26)22-14-7-20-6-11(14)9-27-17;/h3-5,8,11,14,20,22H,6-7,9H2,1-2H3,(H,21,24);1H/t11-,14-;/m0./s1. The molecule has 1 amide bonds. The maximum atomic E-state index is 13.5. The van der Waals surface area contributed by atoms with Gasteiger partial charge >= 0.3 is 0 Å². The number of benzene rings is 1. The van der Waals surface area contributed by atoms with Crippen LogP contribution in [0.3, 0.4) is 0 Å². The van der Waals surface area contributed by atoms with Crippen molar-refractivity contribution in [2.24, 2.45) is 13.0 Å². The minimum absolute atomic E-state index is 0. The molecule has 0 unspecified atom stereocenters. The summed E-state index contributed by atoms with van der Waals surface area (Å²) in [4.78, 5) is 12.8. The summed E-state index contributed by atoms with van der Waals surface area (Å²) in [7, 11) is -2.24. The molecule has 0 bridgehead atoms. The van der Waals surface area contributed by atoms with Gasteiger partial charge in [-0.25, -0.2) is 17.5 Å². The molecule has 1 saturated heterocycles. The Bertz CT molecular complexity index is 1060. The van der Waals surface area contributed by atoms with Gasteiger partial charge in [-0.2, -0.15) is 0 Å². The summed E-state index contributed by atoms with van der Waals surface area (Å²) in [6.45, 7) is 3.33. The number of halogens is 2. The van der Waals surface area contributed by atoms with Crippen LogP contribution >= 0.6 is 0 Å². The van der Waals surface area contributed by atoms with Crippen LogP contribution in [0.15, 0.2) is 29.3 Å². The number of carbonyl (C=O) groups is 1. The SMILES string of the molecule is Cc1cc(NC(=O)c2c3c(cn2C)S(=O)(=O)N[C@H]2C[NH2+]C[C@H]2CO3)ccc1F.[I-]. The van der Waals surface area contributed by atoms with Gasteiger partial charge in [0.2, 0.25) is 10.0 Å². The minimum atomic E-state index is -3.82. The second kappa shape index (κ2) is 8.20. The molecule has 8 nitrogen and oxygen atoms in total. The Balaban J connectivity index is 0.00000240. The van der Waals surface area contributed by atoms with Crippen molar-refractivity contribution in [3.63, 3.8) is 0 Å². The van der Waals surface area contributed by atoms with Gasteiger partial charge in [-0.15, -0.1) is 0 Å². The second-order valence-electron chi connectivity index (χ2n) is 7.26. The molecule has 158 valence electrons. The maximum Gasteiger partial charge on any atom is 0.276 e. The largest absolute Gasteiger partial charge is 1.00 e. The van der Waals surface area contributed by atoms with E-state index in [9.17, 15) is 17.6 Å². The van der Waals surface area contributed by atoms with Crippen LogP contribution in [-0.2, 0) is 17.1 Å². The van der Waals surface area contributed by atoms with Crippen molar-refractivity contribution in [1.82, 2.24) is 9.29 Å². The number of aromatic nitrogens is 1. The van der Waals surface area contributed by atoms with E-state index >= 15 is 0 Å². The van der Waals surface area contributed by atoms with Crippen LogP contribution in [0, 0.1) is 18.7 Å². The molecule has 0 aliphatic carbocycles. The van der Waals surface area contributed by atoms with Gasteiger partial charge < -0.3 is 43.9 Å². The number of ether oxygens (including phenoxy) is 1. The summed E-state index contributed by atoms with van der Waals surface area (Å²) in [5.41, 5.74) is 0.908. The van der Waals surface area contributed by atoms with Crippen molar-refractivity contribution in [2.75, 3.05) is 25.0 Å². The van der Waals surface area contributed by atoms with Gasteiger partial charge in [0.25, 0.3) is 5.91 Å². The number of amides is 1. The molecule has 2 atom stereocenters. The molecule has 1 aromatic heterocycles. The lowest BCUT2D eigenvalue weighted by molar-refractivity contribution is -0.638. The quantitative estimate of drug-likeness (QED) is 0.355. The number of nitrogens with one attached hydrogen (secondary N) is 2. The highest BCUT2D eigenvalue weighted by atomic mass is 127. The fourth-order valence-corrected chi connectivity index (χ4v) is 5.22. The Morgan fingerprint density at radius 3 is 2.86 bits per heavy atom. The summed E-state index contributed by atoms with van der Waals surface area (Å²) in [5.74, 6) is -0.832.